The number of hydrogen-bond acceptors (Lipinski definition) is 4. The highest BCUT2D eigenvalue weighted by atomic mass is 16.5. The topological polar surface area (TPSA) is 80.6 Å². The monoisotopic (exact) mass is 392 g/mol. The van der Waals surface area contributed by atoms with Crippen molar-refractivity contribution in [1.29, 1.82) is 0 Å². The van der Waals surface area contributed by atoms with Crippen molar-refractivity contribution in [3.63, 3.8) is 0 Å². The second kappa shape index (κ2) is 9.59. The summed E-state index contributed by atoms with van der Waals surface area (Å²) in [4.78, 5) is 24.0. The summed E-state index contributed by atoms with van der Waals surface area (Å²) in [7, 11) is 0. The molecule has 2 aromatic carbocycles. The van der Waals surface area contributed by atoms with E-state index in [9.17, 15) is 9.59 Å². The molecule has 3 aromatic rings. The Bertz CT molecular complexity index is 963. The zero-order valence-electron chi connectivity index (χ0n) is 16.5. The fraction of sp³-hybridized carbons (Fsp3) is 0.217. The van der Waals surface area contributed by atoms with Gasteiger partial charge in [0.1, 0.15) is 5.75 Å². The van der Waals surface area contributed by atoms with Gasteiger partial charge in [-0.15, -0.1) is 0 Å². The first kappa shape index (κ1) is 20.2. The second-order valence-corrected chi connectivity index (χ2v) is 6.77. The van der Waals surface area contributed by atoms with Gasteiger partial charge >= 0.3 is 0 Å². The highest BCUT2D eigenvalue weighted by Crippen LogP contribution is 2.19. The number of benzene rings is 2. The van der Waals surface area contributed by atoms with E-state index in [1.165, 1.54) is 6.26 Å². The Morgan fingerprint density at radius 2 is 1.83 bits per heavy atom. The Labute approximate surface area is 169 Å². The first-order chi connectivity index (χ1) is 14.0. The van der Waals surface area contributed by atoms with Crippen LogP contribution in [0.4, 0.5) is 5.69 Å². The standard InChI is InChI=1S/C23H24N2O4/c1-16-5-6-17(2)21(14-16)29-13-11-22(26)24-15-18-7-9-19(10-8-18)25-23(27)20-4-3-12-28-20/h3-10,12,14H,11,13,15H2,1-2H3,(H,24,26)(H,25,27). The van der Waals surface area contributed by atoms with Crippen LogP contribution in [0.5, 0.6) is 5.75 Å². The maximum Gasteiger partial charge on any atom is 0.291 e. The van der Waals surface area contributed by atoms with Crippen LogP contribution in [0.3, 0.4) is 0 Å². The summed E-state index contributed by atoms with van der Waals surface area (Å²) in [6, 6.07) is 16.5. The molecule has 0 aliphatic rings. The van der Waals surface area contributed by atoms with Crippen molar-refractivity contribution >= 4 is 17.5 Å². The fourth-order valence-corrected chi connectivity index (χ4v) is 2.71. The first-order valence-electron chi connectivity index (χ1n) is 9.42. The van der Waals surface area contributed by atoms with Crippen molar-refractivity contribution in [2.24, 2.45) is 0 Å². The Hall–Kier alpha value is -3.54. The normalized spacial score (nSPS) is 10.4. The lowest BCUT2D eigenvalue weighted by molar-refractivity contribution is -0.121. The molecule has 3 rings (SSSR count). The van der Waals surface area contributed by atoms with Crippen LogP contribution >= 0.6 is 0 Å². The van der Waals surface area contributed by atoms with E-state index in [-0.39, 0.29) is 24.0 Å². The van der Waals surface area contributed by atoms with Crippen LogP contribution < -0.4 is 15.4 Å². The molecule has 0 saturated carbocycles. The van der Waals surface area contributed by atoms with Crippen LogP contribution in [0, 0.1) is 13.8 Å². The van der Waals surface area contributed by atoms with Crippen LogP contribution in [0.25, 0.3) is 0 Å². The summed E-state index contributed by atoms with van der Waals surface area (Å²) in [5.41, 5.74) is 3.77. The molecule has 1 aromatic heterocycles. The molecule has 0 radical (unpaired) electrons. The number of rotatable bonds is 8. The minimum absolute atomic E-state index is 0.0782. The first-order valence-corrected chi connectivity index (χ1v) is 9.42. The van der Waals surface area contributed by atoms with E-state index in [1.54, 1.807) is 24.3 Å². The molecule has 0 bridgehead atoms. The van der Waals surface area contributed by atoms with Crippen molar-refractivity contribution in [2.75, 3.05) is 11.9 Å². The third kappa shape index (κ3) is 5.97. The lowest BCUT2D eigenvalue weighted by atomic mass is 10.1. The second-order valence-electron chi connectivity index (χ2n) is 6.77. The number of carbonyl (C=O) groups excluding carboxylic acids is 2. The molecule has 6 nitrogen and oxygen atoms in total. The van der Waals surface area contributed by atoms with E-state index in [0.717, 1.165) is 22.4 Å². The lowest BCUT2D eigenvalue weighted by Crippen LogP contribution is -2.24. The van der Waals surface area contributed by atoms with Gasteiger partial charge in [0.2, 0.25) is 5.91 Å². The van der Waals surface area contributed by atoms with Gasteiger partial charge < -0.3 is 19.8 Å². The Balaban J connectivity index is 1.40. The summed E-state index contributed by atoms with van der Waals surface area (Å²) in [5, 5.41) is 5.62. The van der Waals surface area contributed by atoms with Crippen LogP contribution in [0.15, 0.2) is 65.3 Å². The number of ether oxygens (including phenoxy) is 1. The Morgan fingerprint density at radius 3 is 2.55 bits per heavy atom. The maximum absolute atomic E-state index is 12.0. The van der Waals surface area contributed by atoms with Crippen LogP contribution in [0.1, 0.15) is 33.7 Å². The van der Waals surface area contributed by atoms with Gasteiger partial charge in [0.25, 0.3) is 5.91 Å². The zero-order valence-corrected chi connectivity index (χ0v) is 16.5. The molecule has 0 aliphatic heterocycles. The molecule has 1 heterocycles. The molecule has 0 fully saturated rings. The molecule has 2 amide bonds. The van der Waals surface area contributed by atoms with Crippen molar-refractivity contribution in [3.8, 4) is 5.75 Å². The van der Waals surface area contributed by atoms with E-state index in [2.05, 4.69) is 10.6 Å². The average molecular weight is 392 g/mol. The van der Waals surface area contributed by atoms with E-state index in [0.29, 0.717) is 18.8 Å². The van der Waals surface area contributed by atoms with Crippen LogP contribution in [-0.2, 0) is 11.3 Å². The number of carbonyl (C=O) groups is 2. The van der Waals surface area contributed by atoms with Crippen molar-refractivity contribution in [1.82, 2.24) is 5.32 Å². The maximum atomic E-state index is 12.0. The van der Waals surface area contributed by atoms with Gasteiger partial charge in [-0.3, -0.25) is 9.59 Å². The Morgan fingerprint density at radius 1 is 1.03 bits per heavy atom. The molecule has 0 atom stereocenters. The predicted octanol–water partition coefficient (Wildman–Crippen LogP) is 4.23. The Kier molecular flexibility index (Phi) is 6.68. The number of nitrogens with one attached hydrogen (secondary N) is 2. The molecule has 0 saturated heterocycles. The fourth-order valence-electron chi connectivity index (χ4n) is 2.71. The summed E-state index contributed by atoms with van der Waals surface area (Å²) >= 11 is 0. The van der Waals surface area contributed by atoms with E-state index in [4.69, 9.17) is 9.15 Å². The number of anilines is 1. The molecule has 0 aliphatic carbocycles. The summed E-state index contributed by atoms with van der Waals surface area (Å²) in [5.74, 6) is 0.680. The van der Waals surface area contributed by atoms with E-state index >= 15 is 0 Å². The van der Waals surface area contributed by atoms with Gasteiger partial charge in [0, 0.05) is 12.2 Å². The summed E-state index contributed by atoms with van der Waals surface area (Å²) < 4.78 is 10.8. The van der Waals surface area contributed by atoms with Crippen LogP contribution in [0.2, 0.25) is 0 Å². The van der Waals surface area contributed by atoms with Crippen LogP contribution in [-0.4, -0.2) is 18.4 Å². The third-order valence-electron chi connectivity index (χ3n) is 4.38. The van der Waals surface area contributed by atoms with Gasteiger partial charge in [0.15, 0.2) is 5.76 Å². The predicted molar refractivity (Wildman–Crippen MR) is 111 cm³/mol. The van der Waals surface area contributed by atoms with Crippen molar-refractivity contribution in [3.05, 3.63) is 83.3 Å². The smallest absolute Gasteiger partial charge is 0.291 e. The lowest BCUT2D eigenvalue weighted by Gasteiger charge is -2.10. The van der Waals surface area contributed by atoms with Crippen molar-refractivity contribution < 1.29 is 18.7 Å². The van der Waals surface area contributed by atoms with E-state index < -0.39 is 0 Å². The number of hydrogen-bond donors (Lipinski definition) is 2. The summed E-state index contributed by atoms with van der Waals surface area (Å²) in [6.45, 7) is 4.73. The van der Waals surface area contributed by atoms with Gasteiger partial charge in [0.05, 0.1) is 19.3 Å². The molecule has 6 heteroatoms. The minimum Gasteiger partial charge on any atom is -0.493 e. The zero-order chi connectivity index (χ0) is 20.6. The van der Waals surface area contributed by atoms with Gasteiger partial charge in [-0.05, 0) is 60.9 Å². The van der Waals surface area contributed by atoms with Gasteiger partial charge in [-0.2, -0.15) is 0 Å². The molecule has 29 heavy (non-hydrogen) atoms. The molecule has 0 spiro atoms. The molecular weight excluding hydrogens is 368 g/mol. The third-order valence-corrected chi connectivity index (χ3v) is 4.38. The number of amides is 2. The number of furan rings is 1. The SMILES string of the molecule is Cc1ccc(C)c(OCCC(=O)NCc2ccc(NC(=O)c3ccco3)cc2)c1. The van der Waals surface area contributed by atoms with Gasteiger partial charge in [-0.25, -0.2) is 0 Å². The number of aryl methyl sites for hydroxylation is 2. The highest BCUT2D eigenvalue weighted by Gasteiger charge is 2.09. The molecular formula is C23H24N2O4. The average Bonchev–Trinajstić information content (AvgIpc) is 3.25. The van der Waals surface area contributed by atoms with Crippen molar-refractivity contribution in [2.45, 2.75) is 26.8 Å². The minimum atomic E-state index is -0.306. The van der Waals surface area contributed by atoms with E-state index in [1.807, 2.05) is 44.2 Å². The molecule has 0 unspecified atom stereocenters. The molecule has 150 valence electrons. The summed E-state index contributed by atoms with van der Waals surface area (Å²) in [6.07, 6.45) is 1.73. The highest BCUT2D eigenvalue weighted by molar-refractivity contribution is 6.02. The molecule has 2 N–H and O–H groups in total. The van der Waals surface area contributed by atoms with Gasteiger partial charge in [-0.1, -0.05) is 24.3 Å². The quantitative estimate of drug-likeness (QED) is 0.601. The largest absolute Gasteiger partial charge is 0.493 e.